The molecule has 0 radical (unpaired) electrons. The highest BCUT2D eigenvalue weighted by Crippen LogP contribution is 2.10. The third-order valence-corrected chi connectivity index (χ3v) is 3.82. The van der Waals surface area contributed by atoms with E-state index in [-0.39, 0.29) is 5.78 Å². The van der Waals surface area contributed by atoms with Gasteiger partial charge < -0.3 is 5.11 Å². The van der Waals surface area contributed by atoms with Crippen LogP contribution in [0, 0.1) is 0 Å². The van der Waals surface area contributed by atoms with Gasteiger partial charge in [0.15, 0.2) is 5.78 Å². The summed E-state index contributed by atoms with van der Waals surface area (Å²) in [5.41, 5.74) is 0. The molecular formula is C20H34O3. The standard InChI is InChI=1S/C20H34O3/c1-2-3-13-16-19(21)17-14-11-9-7-5-4-6-8-10-12-15-18-20(22)23/h9,11,14,17H,2-8,10,12-13,15-16,18H2,1H3,(H,22,23)/b11-9+,17-14-. The van der Waals surface area contributed by atoms with E-state index in [1.807, 2.05) is 12.2 Å². The number of carbonyl (C=O) groups excluding carboxylic acids is 1. The van der Waals surface area contributed by atoms with Crippen molar-refractivity contribution in [3.05, 3.63) is 24.3 Å². The number of hydrogen-bond donors (Lipinski definition) is 1. The quantitative estimate of drug-likeness (QED) is 0.220. The van der Waals surface area contributed by atoms with Crippen molar-refractivity contribution in [2.75, 3.05) is 0 Å². The molecule has 0 saturated carbocycles. The van der Waals surface area contributed by atoms with Crippen LogP contribution in [0.3, 0.4) is 0 Å². The monoisotopic (exact) mass is 322 g/mol. The normalized spacial score (nSPS) is 11.5. The summed E-state index contributed by atoms with van der Waals surface area (Å²) < 4.78 is 0. The van der Waals surface area contributed by atoms with Crippen molar-refractivity contribution >= 4 is 11.8 Å². The second-order valence-corrected chi connectivity index (χ2v) is 6.12. The van der Waals surface area contributed by atoms with Crippen molar-refractivity contribution < 1.29 is 14.7 Å². The Bertz CT molecular complexity index is 356. The minimum absolute atomic E-state index is 0.228. The van der Waals surface area contributed by atoms with Crippen LogP contribution in [0.25, 0.3) is 0 Å². The number of carbonyl (C=O) groups is 2. The number of aliphatic carboxylic acids is 1. The van der Waals surface area contributed by atoms with Crippen LogP contribution in [0.15, 0.2) is 24.3 Å². The van der Waals surface area contributed by atoms with Crippen LogP contribution >= 0.6 is 0 Å². The molecule has 0 spiro atoms. The molecule has 0 aromatic heterocycles. The van der Waals surface area contributed by atoms with Crippen LogP contribution in [0.4, 0.5) is 0 Å². The SMILES string of the molecule is CCCCCC(=O)/C=C\C=C\CCCCCCCCCC(=O)O. The Labute approximate surface area is 141 Å². The molecule has 0 aromatic carbocycles. The average Bonchev–Trinajstić information content (AvgIpc) is 2.51. The van der Waals surface area contributed by atoms with Gasteiger partial charge in [-0.25, -0.2) is 0 Å². The fourth-order valence-corrected chi connectivity index (χ4v) is 2.39. The Hall–Kier alpha value is -1.38. The first-order valence-corrected chi connectivity index (χ1v) is 9.24. The number of hydrogen-bond acceptors (Lipinski definition) is 2. The van der Waals surface area contributed by atoms with E-state index < -0.39 is 5.97 Å². The van der Waals surface area contributed by atoms with Gasteiger partial charge in [-0.1, -0.05) is 70.1 Å². The van der Waals surface area contributed by atoms with E-state index in [0.717, 1.165) is 44.9 Å². The molecule has 0 aliphatic rings. The maximum absolute atomic E-state index is 11.5. The number of ketones is 1. The third-order valence-electron chi connectivity index (χ3n) is 3.82. The summed E-state index contributed by atoms with van der Waals surface area (Å²) in [6, 6.07) is 0. The second kappa shape index (κ2) is 17.0. The summed E-state index contributed by atoms with van der Waals surface area (Å²) in [6.07, 6.45) is 20.8. The number of rotatable bonds is 16. The molecule has 0 fully saturated rings. The van der Waals surface area contributed by atoms with Gasteiger partial charge in [-0.05, 0) is 31.8 Å². The first kappa shape index (κ1) is 21.6. The molecule has 0 aliphatic carbocycles. The van der Waals surface area contributed by atoms with E-state index >= 15 is 0 Å². The molecule has 132 valence electrons. The predicted octanol–water partition coefficient (Wildman–Crippen LogP) is 5.84. The molecule has 0 atom stereocenters. The van der Waals surface area contributed by atoms with Crippen molar-refractivity contribution in [3.8, 4) is 0 Å². The molecule has 0 heterocycles. The Morgan fingerprint density at radius 1 is 0.783 bits per heavy atom. The molecule has 0 unspecified atom stereocenters. The molecule has 0 saturated heterocycles. The van der Waals surface area contributed by atoms with Crippen LogP contribution in [-0.2, 0) is 9.59 Å². The molecule has 0 bridgehead atoms. The van der Waals surface area contributed by atoms with E-state index in [1.54, 1.807) is 6.08 Å². The smallest absolute Gasteiger partial charge is 0.303 e. The fraction of sp³-hybridized carbons (Fsp3) is 0.700. The van der Waals surface area contributed by atoms with Gasteiger partial charge in [0.2, 0.25) is 0 Å². The zero-order valence-electron chi connectivity index (χ0n) is 14.8. The highest BCUT2D eigenvalue weighted by atomic mass is 16.4. The summed E-state index contributed by atoms with van der Waals surface area (Å²) in [5.74, 6) is -0.459. The van der Waals surface area contributed by atoms with Crippen molar-refractivity contribution in [2.45, 2.75) is 90.4 Å². The Balaban J connectivity index is 3.34. The molecule has 0 aliphatic heterocycles. The zero-order valence-corrected chi connectivity index (χ0v) is 14.8. The molecule has 0 aromatic rings. The van der Waals surface area contributed by atoms with Gasteiger partial charge in [0, 0.05) is 12.8 Å². The third kappa shape index (κ3) is 18.6. The number of carboxylic acids is 1. The lowest BCUT2D eigenvalue weighted by molar-refractivity contribution is -0.137. The van der Waals surface area contributed by atoms with E-state index in [2.05, 4.69) is 13.0 Å². The van der Waals surface area contributed by atoms with Gasteiger partial charge in [-0.2, -0.15) is 0 Å². The van der Waals surface area contributed by atoms with Gasteiger partial charge in [-0.3, -0.25) is 9.59 Å². The van der Waals surface area contributed by atoms with Crippen LogP contribution in [-0.4, -0.2) is 16.9 Å². The highest BCUT2D eigenvalue weighted by Gasteiger charge is 1.96. The minimum Gasteiger partial charge on any atom is -0.481 e. The summed E-state index contributed by atoms with van der Waals surface area (Å²) >= 11 is 0. The van der Waals surface area contributed by atoms with Crippen molar-refractivity contribution in [2.24, 2.45) is 0 Å². The molecule has 3 nitrogen and oxygen atoms in total. The lowest BCUT2D eigenvalue weighted by atomic mass is 10.1. The lowest BCUT2D eigenvalue weighted by Gasteiger charge is -1.99. The van der Waals surface area contributed by atoms with Gasteiger partial charge in [-0.15, -0.1) is 0 Å². The molecule has 0 rings (SSSR count). The molecule has 23 heavy (non-hydrogen) atoms. The van der Waals surface area contributed by atoms with E-state index in [0.29, 0.717) is 12.8 Å². The Morgan fingerprint density at radius 2 is 1.39 bits per heavy atom. The molecule has 1 N–H and O–H groups in total. The summed E-state index contributed by atoms with van der Waals surface area (Å²) in [7, 11) is 0. The van der Waals surface area contributed by atoms with E-state index in [9.17, 15) is 9.59 Å². The van der Waals surface area contributed by atoms with Gasteiger partial charge in [0.1, 0.15) is 0 Å². The minimum atomic E-state index is -0.687. The largest absolute Gasteiger partial charge is 0.481 e. The lowest BCUT2D eigenvalue weighted by Crippen LogP contribution is -1.93. The summed E-state index contributed by atoms with van der Waals surface area (Å²) in [5, 5.41) is 8.52. The number of unbranched alkanes of at least 4 members (excludes halogenated alkanes) is 9. The van der Waals surface area contributed by atoms with Crippen LogP contribution in [0.5, 0.6) is 0 Å². The maximum Gasteiger partial charge on any atom is 0.303 e. The first-order valence-electron chi connectivity index (χ1n) is 9.24. The maximum atomic E-state index is 11.5. The summed E-state index contributed by atoms with van der Waals surface area (Å²) in [4.78, 5) is 21.8. The zero-order chi connectivity index (χ0) is 17.2. The van der Waals surface area contributed by atoms with Gasteiger partial charge in [0.25, 0.3) is 0 Å². The Morgan fingerprint density at radius 3 is 2.04 bits per heavy atom. The van der Waals surface area contributed by atoms with Crippen molar-refractivity contribution in [3.63, 3.8) is 0 Å². The topological polar surface area (TPSA) is 54.4 Å². The van der Waals surface area contributed by atoms with Crippen LogP contribution in [0.2, 0.25) is 0 Å². The predicted molar refractivity (Wildman–Crippen MR) is 96.6 cm³/mol. The van der Waals surface area contributed by atoms with Crippen molar-refractivity contribution in [1.29, 1.82) is 0 Å². The fourth-order valence-electron chi connectivity index (χ4n) is 2.39. The first-order chi connectivity index (χ1) is 11.2. The van der Waals surface area contributed by atoms with Gasteiger partial charge in [0.05, 0.1) is 0 Å². The average molecular weight is 322 g/mol. The van der Waals surface area contributed by atoms with Crippen LogP contribution in [0.1, 0.15) is 90.4 Å². The summed E-state index contributed by atoms with van der Waals surface area (Å²) in [6.45, 7) is 2.14. The number of carboxylic acid groups (broad SMARTS) is 1. The highest BCUT2D eigenvalue weighted by molar-refractivity contribution is 5.89. The molecule has 3 heteroatoms. The number of allylic oxidation sites excluding steroid dienone is 4. The molecular weight excluding hydrogens is 288 g/mol. The van der Waals surface area contributed by atoms with E-state index in [1.165, 1.54) is 25.7 Å². The molecule has 0 amide bonds. The van der Waals surface area contributed by atoms with E-state index in [4.69, 9.17) is 5.11 Å². The van der Waals surface area contributed by atoms with Crippen LogP contribution < -0.4 is 0 Å². The second-order valence-electron chi connectivity index (χ2n) is 6.12. The van der Waals surface area contributed by atoms with Crippen molar-refractivity contribution in [1.82, 2.24) is 0 Å². The Kier molecular flexibility index (Phi) is 16.0. The van der Waals surface area contributed by atoms with Gasteiger partial charge >= 0.3 is 5.97 Å².